The van der Waals surface area contributed by atoms with Crippen LogP contribution in [0.4, 0.5) is 5.69 Å². The topological polar surface area (TPSA) is 84.5 Å². The SMILES string of the molecule is NS(=O)(=O)c1cccc(NC2=NC3CCCCC3CS2)c1. The maximum Gasteiger partial charge on any atom is 0.238 e. The zero-order valence-corrected chi connectivity index (χ0v) is 13.3. The summed E-state index contributed by atoms with van der Waals surface area (Å²) >= 11 is 1.72. The summed E-state index contributed by atoms with van der Waals surface area (Å²) in [5.74, 6) is 1.79. The molecule has 3 rings (SSSR count). The lowest BCUT2D eigenvalue weighted by Crippen LogP contribution is -2.31. The molecule has 3 N–H and O–H groups in total. The summed E-state index contributed by atoms with van der Waals surface area (Å²) in [6.07, 6.45) is 5.00. The highest BCUT2D eigenvalue weighted by atomic mass is 32.2. The smallest absolute Gasteiger partial charge is 0.238 e. The second kappa shape index (κ2) is 5.98. The van der Waals surface area contributed by atoms with E-state index in [1.807, 2.05) is 6.07 Å². The molecule has 0 saturated heterocycles. The minimum absolute atomic E-state index is 0.115. The van der Waals surface area contributed by atoms with E-state index in [2.05, 4.69) is 5.32 Å². The Labute approximate surface area is 129 Å². The fourth-order valence-corrected chi connectivity index (χ4v) is 4.59. The molecule has 1 aliphatic heterocycles. The quantitative estimate of drug-likeness (QED) is 0.874. The monoisotopic (exact) mass is 325 g/mol. The van der Waals surface area contributed by atoms with Crippen LogP contribution in [0.1, 0.15) is 25.7 Å². The number of benzene rings is 1. The number of fused-ring (bicyclic) bond motifs is 1. The summed E-state index contributed by atoms with van der Waals surface area (Å²) in [5, 5.41) is 9.25. The maximum absolute atomic E-state index is 11.4. The number of rotatable bonds is 2. The molecule has 1 fully saturated rings. The number of nitrogens with one attached hydrogen (secondary N) is 1. The van der Waals surface area contributed by atoms with Crippen LogP contribution in [-0.2, 0) is 10.0 Å². The predicted octanol–water partition coefficient (Wildman–Crippen LogP) is 2.41. The third kappa shape index (κ3) is 3.59. The zero-order valence-electron chi connectivity index (χ0n) is 11.7. The van der Waals surface area contributed by atoms with Crippen molar-refractivity contribution < 1.29 is 8.42 Å². The molecule has 5 nitrogen and oxygen atoms in total. The number of aliphatic imine (C=N–C) groups is 1. The summed E-state index contributed by atoms with van der Waals surface area (Å²) in [5.41, 5.74) is 0.710. The second-order valence-corrected chi connectivity index (χ2v) is 8.13. The van der Waals surface area contributed by atoms with Gasteiger partial charge in [0.05, 0.1) is 10.9 Å². The number of hydrogen-bond donors (Lipinski definition) is 2. The first-order valence-corrected chi connectivity index (χ1v) is 9.66. The molecule has 1 aliphatic carbocycles. The van der Waals surface area contributed by atoms with Gasteiger partial charge in [0.15, 0.2) is 5.17 Å². The first kappa shape index (κ1) is 14.9. The Bertz CT molecular complexity index is 658. The average Bonchev–Trinajstić information content (AvgIpc) is 2.46. The van der Waals surface area contributed by atoms with E-state index in [4.69, 9.17) is 10.1 Å². The van der Waals surface area contributed by atoms with E-state index < -0.39 is 10.0 Å². The Morgan fingerprint density at radius 3 is 2.90 bits per heavy atom. The van der Waals surface area contributed by atoms with E-state index in [0.717, 1.165) is 17.3 Å². The first-order chi connectivity index (χ1) is 10.0. The lowest BCUT2D eigenvalue weighted by Gasteiger charge is -2.32. The number of anilines is 1. The third-order valence-electron chi connectivity index (χ3n) is 4.00. The van der Waals surface area contributed by atoms with E-state index in [1.165, 1.54) is 25.3 Å². The molecule has 0 aromatic heterocycles. The number of nitrogens with two attached hydrogens (primary N) is 1. The highest BCUT2D eigenvalue weighted by molar-refractivity contribution is 8.14. The molecule has 2 atom stereocenters. The summed E-state index contributed by atoms with van der Waals surface area (Å²) < 4.78 is 22.8. The largest absolute Gasteiger partial charge is 0.335 e. The van der Waals surface area contributed by atoms with Crippen LogP contribution in [-0.4, -0.2) is 25.4 Å². The van der Waals surface area contributed by atoms with Crippen LogP contribution in [0.25, 0.3) is 0 Å². The first-order valence-electron chi connectivity index (χ1n) is 7.13. The van der Waals surface area contributed by atoms with E-state index in [1.54, 1.807) is 23.9 Å². The van der Waals surface area contributed by atoms with E-state index in [-0.39, 0.29) is 4.90 Å². The van der Waals surface area contributed by atoms with Crippen molar-refractivity contribution in [3.63, 3.8) is 0 Å². The predicted molar refractivity (Wildman–Crippen MR) is 87.1 cm³/mol. The summed E-state index contributed by atoms with van der Waals surface area (Å²) in [7, 11) is -3.67. The minimum atomic E-state index is -3.67. The molecule has 2 unspecified atom stereocenters. The molecule has 114 valence electrons. The van der Waals surface area contributed by atoms with Gasteiger partial charge in [-0.05, 0) is 37.0 Å². The Morgan fingerprint density at radius 2 is 2.10 bits per heavy atom. The molecule has 2 aliphatic rings. The van der Waals surface area contributed by atoms with Crippen LogP contribution in [0.2, 0.25) is 0 Å². The van der Waals surface area contributed by atoms with Gasteiger partial charge in [-0.1, -0.05) is 30.7 Å². The van der Waals surface area contributed by atoms with Gasteiger partial charge in [-0.25, -0.2) is 13.6 Å². The Kier molecular flexibility index (Phi) is 4.24. The van der Waals surface area contributed by atoms with Crippen molar-refractivity contribution in [1.29, 1.82) is 0 Å². The molecule has 1 heterocycles. The molecule has 7 heteroatoms. The third-order valence-corrected chi connectivity index (χ3v) is 5.99. The van der Waals surface area contributed by atoms with Gasteiger partial charge in [-0.15, -0.1) is 0 Å². The van der Waals surface area contributed by atoms with Crippen LogP contribution < -0.4 is 10.5 Å². The second-order valence-electron chi connectivity index (χ2n) is 5.55. The number of sulfonamides is 1. The van der Waals surface area contributed by atoms with Crippen molar-refractivity contribution in [2.45, 2.75) is 36.6 Å². The number of primary sulfonamides is 1. The highest BCUT2D eigenvalue weighted by Gasteiger charge is 2.29. The standard InChI is InChI=1S/C14H19N3O2S2/c15-21(18,19)12-6-3-5-11(8-12)16-14-17-13-7-2-1-4-10(13)9-20-14/h3,5-6,8,10,13H,1-2,4,7,9H2,(H,16,17)(H2,15,18,19). The van der Waals surface area contributed by atoms with E-state index in [9.17, 15) is 8.42 Å². The van der Waals surface area contributed by atoms with E-state index >= 15 is 0 Å². The van der Waals surface area contributed by atoms with Crippen molar-refractivity contribution in [2.75, 3.05) is 11.1 Å². The van der Waals surface area contributed by atoms with Crippen molar-refractivity contribution in [1.82, 2.24) is 0 Å². The van der Waals surface area contributed by atoms with Crippen LogP contribution in [0.3, 0.4) is 0 Å². The average molecular weight is 325 g/mol. The van der Waals surface area contributed by atoms with Crippen molar-refractivity contribution >= 4 is 32.6 Å². The number of amidine groups is 1. The van der Waals surface area contributed by atoms with Gasteiger partial charge in [0.25, 0.3) is 0 Å². The van der Waals surface area contributed by atoms with Crippen LogP contribution in [0.15, 0.2) is 34.2 Å². The Balaban J connectivity index is 1.76. The van der Waals surface area contributed by atoms with Gasteiger partial charge in [-0.2, -0.15) is 0 Å². The molecule has 0 amide bonds. The minimum Gasteiger partial charge on any atom is -0.335 e. The highest BCUT2D eigenvalue weighted by Crippen LogP contribution is 2.34. The normalized spacial score (nSPS) is 25.9. The van der Waals surface area contributed by atoms with Crippen molar-refractivity contribution in [3.8, 4) is 0 Å². The van der Waals surface area contributed by atoms with Gasteiger partial charge in [0.2, 0.25) is 10.0 Å². The molecule has 1 aromatic rings. The molecule has 1 aromatic carbocycles. The number of thioether (sulfide) groups is 1. The number of nitrogens with zero attached hydrogens (tertiary/aromatic N) is 1. The molecule has 21 heavy (non-hydrogen) atoms. The summed E-state index contributed by atoms with van der Waals surface area (Å²) in [4.78, 5) is 4.89. The van der Waals surface area contributed by atoms with Crippen molar-refractivity contribution in [3.05, 3.63) is 24.3 Å². The number of hydrogen-bond acceptors (Lipinski definition) is 5. The summed E-state index contributed by atoms with van der Waals surface area (Å²) in [6.45, 7) is 0. The lowest BCUT2D eigenvalue weighted by atomic mass is 9.86. The maximum atomic E-state index is 11.4. The Hall–Kier alpha value is -1.05. The fraction of sp³-hybridized carbons (Fsp3) is 0.500. The van der Waals surface area contributed by atoms with Crippen molar-refractivity contribution in [2.24, 2.45) is 16.0 Å². The van der Waals surface area contributed by atoms with Crippen LogP contribution in [0, 0.1) is 5.92 Å². The molecular weight excluding hydrogens is 306 g/mol. The molecular formula is C14H19N3O2S2. The Morgan fingerprint density at radius 1 is 1.29 bits per heavy atom. The lowest BCUT2D eigenvalue weighted by molar-refractivity contribution is 0.336. The molecule has 0 radical (unpaired) electrons. The van der Waals surface area contributed by atoms with Gasteiger partial charge in [-0.3, -0.25) is 4.99 Å². The molecule has 0 spiro atoms. The van der Waals surface area contributed by atoms with Crippen LogP contribution >= 0.6 is 11.8 Å². The molecule has 1 saturated carbocycles. The zero-order chi connectivity index (χ0) is 14.9. The van der Waals surface area contributed by atoms with Gasteiger partial charge >= 0.3 is 0 Å². The van der Waals surface area contributed by atoms with Crippen LogP contribution in [0.5, 0.6) is 0 Å². The summed E-state index contributed by atoms with van der Waals surface area (Å²) in [6, 6.07) is 6.97. The van der Waals surface area contributed by atoms with Gasteiger partial charge < -0.3 is 5.32 Å². The van der Waals surface area contributed by atoms with E-state index in [0.29, 0.717) is 17.6 Å². The molecule has 0 bridgehead atoms. The fourth-order valence-electron chi connectivity index (χ4n) is 2.87. The van der Waals surface area contributed by atoms with Gasteiger partial charge in [0, 0.05) is 11.4 Å². The van der Waals surface area contributed by atoms with Gasteiger partial charge in [0.1, 0.15) is 0 Å².